The van der Waals surface area contributed by atoms with Gasteiger partial charge in [-0.3, -0.25) is 0 Å². The Kier molecular flexibility index (Phi) is 9.07. The van der Waals surface area contributed by atoms with Crippen LogP contribution in [0, 0.1) is 0 Å². The number of hydrogen-bond acceptors (Lipinski definition) is 3. The number of ketones is 1. The number of carbonyl (C=O) groups excluding carboxylic acids is 1. The topological polar surface area (TPSA) is 50.2 Å². The van der Waals surface area contributed by atoms with Crippen LogP contribution in [0.15, 0.2) is 76.0 Å². The Balaban J connectivity index is 1.42. The summed E-state index contributed by atoms with van der Waals surface area (Å²) in [7, 11) is 0. The van der Waals surface area contributed by atoms with Gasteiger partial charge in [0.2, 0.25) is 0 Å². The van der Waals surface area contributed by atoms with Crippen molar-refractivity contribution in [2.45, 2.75) is 71.8 Å². The fourth-order valence-electron chi connectivity index (χ4n) is 5.18. The van der Waals surface area contributed by atoms with E-state index in [1.807, 2.05) is 0 Å². The molecule has 0 spiro atoms. The zero-order chi connectivity index (χ0) is 26.5. The third-order valence-electron chi connectivity index (χ3n) is 7.35. The van der Waals surface area contributed by atoms with Crippen LogP contribution >= 0.6 is 0 Å². The molecule has 2 aliphatic rings. The molecule has 2 heterocycles. The van der Waals surface area contributed by atoms with Gasteiger partial charge < -0.3 is 0 Å². The van der Waals surface area contributed by atoms with E-state index in [0.717, 1.165) is 25.9 Å². The van der Waals surface area contributed by atoms with E-state index in [1.54, 1.807) is 0 Å². The Morgan fingerprint density at radius 2 is 1.63 bits per heavy atom. The van der Waals surface area contributed by atoms with Gasteiger partial charge >= 0.3 is 240 Å². The molecule has 0 unspecified atom stereocenters. The van der Waals surface area contributed by atoms with Crippen molar-refractivity contribution in [3.63, 3.8) is 0 Å². The van der Waals surface area contributed by atoms with E-state index in [4.69, 9.17) is 5.73 Å². The summed E-state index contributed by atoms with van der Waals surface area (Å²) >= 11 is 0.378. The van der Waals surface area contributed by atoms with Gasteiger partial charge in [0.1, 0.15) is 0 Å². The molecular weight excluding hydrogens is 600 g/mol. The monoisotopic (exact) mass is 640 g/mol. The predicted octanol–water partition coefficient (Wildman–Crippen LogP) is 5.21. The first-order chi connectivity index (χ1) is 18.6. The van der Waals surface area contributed by atoms with Gasteiger partial charge in [0.25, 0.3) is 0 Å². The zero-order valence-corrected chi connectivity index (χ0v) is 26.0. The zero-order valence-electron chi connectivity index (χ0n) is 22.5. The molecule has 1 aliphatic heterocycles. The number of hydrogen-bond donors (Lipinski definition) is 1. The maximum atomic E-state index is 13.4. The summed E-state index contributed by atoms with van der Waals surface area (Å²) in [6.45, 7) is 6.50. The summed E-state index contributed by atoms with van der Waals surface area (Å²) in [5.74, 6) is 0.0953. The number of anilines is 1. The summed E-state index contributed by atoms with van der Waals surface area (Å²) in [5, 5.41) is 0. The quantitative estimate of drug-likeness (QED) is 0.128. The van der Waals surface area contributed by atoms with Gasteiger partial charge in [-0.2, -0.15) is 0 Å². The van der Waals surface area contributed by atoms with Gasteiger partial charge in [-0.25, -0.2) is 0 Å². The number of carbonyl (C=O) groups is 1. The number of rotatable bonds is 12. The first-order valence-electron chi connectivity index (χ1n) is 14.1. The Hall–Kier alpha value is -2.36. The number of fused-ring (bicyclic) bond motifs is 2. The van der Waals surface area contributed by atoms with E-state index < -0.39 is 0 Å². The standard InChI is InChI=1S/C32H37N3OSe2/c1-3-5-7-13-19-34-25-15-9-11-17-27(25)37-29(34)21-23-31(33)24(32(23)36)22-30-35(20-14-8-6-4-2)26-16-10-12-18-28(26)38-30/h9-12,15-18,21-22H,3-8,13-14,19-20H2,1-2H3,(H-,33,36)/p+1. The second-order valence-corrected chi connectivity index (χ2v) is 14.6. The van der Waals surface area contributed by atoms with Crippen LogP contribution in [-0.2, 0) is 11.3 Å². The van der Waals surface area contributed by atoms with E-state index in [1.165, 1.54) is 67.6 Å². The van der Waals surface area contributed by atoms with Crippen molar-refractivity contribution in [2.75, 3.05) is 11.4 Å². The van der Waals surface area contributed by atoms with E-state index in [2.05, 4.69) is 84.0 Å². The third kappa shape index (κ3) is 5.65. The first-order valence-corrected chi connectivity index (χ1v) is 17.5. The Morgan fingerprint density at radius 3 is 2.42 bits per heavy atom. The number of para-hydroxylation sites is 2. The molecule has 0 saturated carbocycles. The molecule has 38 heavy (non-hydrogen) atoms. The predicted molar refractivity (Wildman–Crippen MR) is 161 cm³/mol. The fourth-order valence-corrected chi connectivity index (χ4v) is 9.93. The van der Waals surface area contributed by atoms with Gasteiger partial charge in [0.05, 0.1) is 0 Å². The van der Waals surface area contributed by atoms with Crippen molar-refractivity contribution in [2.24, 2.45) is 5.73 Å². The summed E-state index contributed by atoms with van der Waals surface area (Å²) < 4.78 is 7.73. The molecule has 0 atom stereocenters. The number of aryl methyl sites for hydroxylation is 1. The van der Waals surface area contributed by atoms with Crippen LogP contribution in [-0.4, -0.2) is 41.8 Å². The van der Waals surface area contributed by atoms with E-state index in [0.29, 0.717) is 16.8 Å². The van der Waals surface area contributed by atoms with Crippen LogP contribution in [0.1, 0.15) is 69.8 Å². The van der Waals surface area contributed by atoms with Gasteiger partial charge in [0, 0.05) is 0 Å². The maximum absolute atomic E-state index is 13.4. The molecule has 6 heteroatoms. The van der Waals surface area contributed by atoms with Crippen molar-refractivity contribution in [3.05, 3.63) is 80.6 Å². The second-order valence-electron chi connectivity index (χ2n) is 10.1. The average molecular weight is 639 g/mol. The number of allylic oxidation sites excluding steroid dienone is 3. The molecule has 0 amide bonds. The van der Waals surface area contributed by atoms with Gasteiger partial charge in [-0.1, -0.05) is 0 Å². The average Bonchev–Trinajstić information content (AvgIpc) is 3.48. The molecule has 1 aliphatic carbocycles. The van der Waals surface area contributed by atoms with Gasteiger partial charge in [-0.05, 0) is 0 Å². The van der Waals surface area contributed by atoms with Gasteiger partial charge in [-0.15, -0.1) is 0 Å². The molecule has 3 aromatic rings. The molecular formula is C32H38N3OSe2+. The van der Waals surface area contributed by atoms with Gasteiger partial charge in [0.15, 0.2) is 0 Å². The Bertz CT molecular complexity index is 1420. The number of unbranched alkanes of at least 4 members (excludes halogenated alkanes) is 6. The Labute approximate surface area is 239 Å². The van der Waals surface area contributed by atoms with E-state index in [9.17, 15) is 4.79 Å². The molecule has 1 aromatic heterocycles. The molecule has 2 aromatic carbocycles. The summed E-state index contributed by atoms with van der Waals surface area (Å²) in [6.07, 6.45) is 14.0. The number of benzene rings is 2. The van der Waals surface area contributed by atoms with E-state index in [-0.39, 0.29) is 35.2 Å². The van der Waals surface area contributed by atoms with Crippen molar-refractivity contribution in [1.29, 1.82) is 0 Å². The normalized spacial score (nSPS) is 17.2. The van der Waals surface area contributed by atoms with Crippen LogP contribution in [0.2, 0.25) is 0 Å². The molecule has 0 bridgehead atoms. The molecule has 0 fully saturated rings. The second kappa shape index (κ2) is 12.7. The Morgan fingerprint density at radius 1 is 0.895 bits per heavy atom. The van der Waals surface area contributed by atoms with Crippen LogP contribution < -0.4 is 19.7 Å². The minimum atomic E-state index is 0.0953. The number of aromatic nitrogens is 1. The molecule has 5 rings (SSSR count). The van der Waals surface area contributed by atoms with Crippen molar-refractivity contribution in [1.82, 2.24) is 0 Å². The molecule has 2 N–H and O–H groups in total. The molecule has 0 saturated heterocycles. The minimum absolute atomic E-state index is 0.0953. The summed E-state index contributed by atoms with van der Waals surface area (Å²) in [5.41, 5.74) is 11.3. The van der Waals surface area contributed by atoms with Crippen LogP contribution in [0.3, 0.4) is 0 Å². The summed E-state index contributed by atoms with van der Waals surface area (Å²) in [6, 6.07) is 17.4. The van der Waals surface area contributed by atoms with Crippen LogP contribution in [0.25, 0.3) is 15.9 Å². The van der Waals surface area contributed by atoms with Crippen molar-refractivity contribution >= 4 is 61.2 Å². The first kappa shape index (κ1) is 27.2. The molecule has 198 valence electrons. The SMILES string of the molecule is CCCCCCN1C(=CC2=C(N)C(=Cc3[se]c4ccccc4[n+]3CCCCCC)C2=O)[Se]c2ccccc21. The van der Waals surface area contributed by atoms with E-state index >= 15 is 0 Å². The van der Waals surface area contributed by atoms with Crippen molar-refractivity contribution in [3.8, 4) is 0 Å². The summed E-state index contributed by atoms with van der Waals surface area (Å²) in [4.78, 5) is 15.9. The molecule has 0 radical (unpaired) electrons. The van der Waals surface area contributed by atoms with Crippen molar-refractivity contribution < 1.29 is 9.36 Å². The molecule has 4 nitrogen and oxygen atoms in total. The third-order valence-corrected chi connectivity index (χ3v) is 12.0. The number of Topliss-reactive ketones (excluding diaryl/α,β-unsaturated/α-hetero) is 1. The fraction of sp³-hybridized carbons (Fsp3) is 0.375. The van der Waals surface area contributed by atoms with Crippen LogP contribution in [0.4, 0.5) is 5.69 Å². The van der Waals surface area contributed by atoms with Crippen LogP contribution in [0.5, 0.6) is 0 Å². The number of nitrogens with zero attached hydrogens (tertiary/aromatic N) is 2. The number of nitrogens with two attached hydrogens (primary N) is 1.